The quantitative estimate of drug-likeness (QED) is 0.266. The predicted octanol–water partition coefficient (Wildman–Crippen LogP) is 1.57. The van der Waals surface area contributed by atoms with Crippen LogP contribution in [0.5, 0.6) is 0 Å². The third-order valence-electron chi connectivity index (χ3n) is 4.09. The van der Waals surface area contributed by atoms with E-state index in [1.807, 2.05) is 6.07 Å². The molecule has 0 unspecified atom stereocenters. The van der Waals surface area contributed by atoms with Gasteiger partial charge < -0.3 is 5.73 Å². The average Bonchev–Trinajstić information content (AvgIpc) is 3.40. The first-order valence-electron chi connectivity index (χ1n) is 8.72. The van der Waals surface area contributed by atoms with Gasteiger partial charge in [0, 0.05) is 23.3 Å². The van der Waals surface area contributed by atoms with Crippen LogP contribution in [0.1, 0.15) is 16.1 Å². The lowest BCUT2D eigenvalue weighted by atomic mass is 10.1. The second-order valence-corrected chi connectivity index (χ2v) is 6.09. The van der Waals surface area contributed by atoms with E-state index >= 15 is 0 Å². The lowest BCUT2D eigenvalue weighted by Crippen LogP contribution is -2.19. The Balaban J connectivity index is 1.64. The summed E-state index contributed by atoms with van der Waals surface area (Å²) in [6.45, 7) is 0. The van der Waals surface area contributed by atoms with E-state index in [2.05, 4.69) is 35.8 Å². The Morgan fingerprint density at radius 1 is 1.19 bits per heavy atom. The molecule has 0 radical (unpaired) electrons. The fourth-order valence-corrected chi connectivity index (χ4v) is 2.71. The first kappa shape index (κ1) is 19.4. The number of benzene rings is 2. The number of carbonyl (C=O) groups excluding carboxylic acids is 1. The zero-order chi connectivity index (χ0) is 21.8. The highest BCUT2D eigenvalue weighted by Crippen LogP contribution is 2.26. The first-order valence-corrected chi connectivity index (χ1v) is 8.72. The molecule has 154 valence electrons. The summed E-state index contributed by atoms with van der Waals surface area (Å²) in [5.74, 6) is -0.620. The Kier molecular flexibility index (Phi) is 5.13. The molecule has 4 rings (SSSR count). The second-order valence-electron chi connectivity index (χ2n) is 6.09. The summed E-state index contributed by atoms with van der Waals surface area (Å²) < 4.78 is 5.85. The van der Waals surface area contributed by atoms with Crippen LogP contribution in [0.15, 0.2) is 64.3 Å². The van der Waals surface area contributed by atoms with Gasteiger partial charge in [0.2, 0.25) is 11.6 Å². The Hall–Kier alpha value is -4.94. The summed E-state index contributed by atoms with van der Waals surface area (Å²) in [6.07, 6.45) is 1.27. The van der Waals surface area contributed by atoms with Crippen molar-refractivity contribution in [2.75, 3.05) is 5.73 Å². The minimum absolute atomic E-state index is 0.0299. The third kappa shape index (κ3) is 3.95. The fraction of sp³-hybridized carbons (Fsp3) is 0. The topological polar surface area (TPSA) is 180 Å². The van der Waals surface area contributed by atoms with Gasteiger partial charge in [0.1, 0.15) is 5.69 Å². The predicted molar refractivity (Wildman–Crippen MR) is 107 cm³/mol. The largest absolute Gasteiger partial charge is 0.378 e. The van der Waals surface area contributed by atoms with Gasteiger partial charge in [0.05, 0.1) is 11.1 Å². The summed E-state index contributed by atoms with van der Waals surface area (Å²) >= 11 is 0. The molecule has 4 aromatic rings. The molecule has 13 nitrogen and oxygen atoms in total. The maximum absolute atomic E-state index is 12.7. The van der Waals surface area contributed by atoms with Crippen LogP contribution in [0.25, 0.3) is 17.1 Å². The molecule has 0 aliphatic rings. The number of anilines is 1. The van der Waals surface area contributed by atoms with Crippen molar-refractivity contribution in [3.05, 3.63) is 76.0 Å². The zero-order valence-corrected chi connectivity index (χ0v) is 15.6. The van der Waals surface area contributed by atoms with E-state index in [1.54, 1.807) is 30.3 Å². The highest BCUT2D eigenvalue weighted by Gasteiger charge is 2.24. The molecule has 0 spiro atoms. The van der Waals surface area contributed by atoms with Gasteiger partial charge in [0.15, 0.2) is 5.69 Å². The van der Waals surface area contributed by atoms with Crippen molar-refractivity contribution in [1.82, 2.24) is 30.7 Å². The average molecular weight is 419 g/mol. The first-order chi connectivity index (χ1) is 15.0. The number of hydrogen-bond donors (Lipinski definition) is 2. The number of rotatable bonds is 6. The van der Waals surface area contributed by atoms with Crippen LogP contribution in [-0.2, 0) is 0 Å². The summed E-state index contributed by atoms with van der Waals surface area (Å²) in [5, 5.41) is 29.8. The molecule has 0 saturated heterocycles. The number of hydrazone groups is 1. The Bertz CT molecular complexity index is 1280. The standard InChI is InChI=1S/C18H13N9O4/c19-16-17(24-31-23-16)26-15(12-6-2-1-3-7-12)14(21-25-26)18(28)22-20-10-11-5-4-8-13(9-11)27(29)30/h1-10H,(H2,19,23)(H,22,28)/b20-10+. The van der Waals surface area contributed by atoms with Crippen molar-refractivity contribution in [1.29, 1.82) is 0 Å². The van der Waals surface area contributed by atoms with Gasteiger partial charge in [-0.15, -0.1) is 5.10 Å². The summed E-state index contributed by atoms with van der Waals surface area (Å²) in [4.78, 5) is 23.1. The van der Waals surface area contributed by atoms with Crippen LogP contribution < -0.4 is 11.2 Å². The molecule has 31 heavy (non-hydrogen) atoms. The SMILES string of the molecule is Nc1nonc1-n1nnc(C(=O)N/N=C/c2cccc([N+](=O)[O-])c2)c1-c1ccccc1. The number of non-ortho nitro benzene ring substituents is 1. The number of nitrogen functional groups attached to an aromatic ring is 1. The van der Waals surface area contributed by atoms with Crippen LogP contribution in [0, 0.1) is 10.1 Å². The van der Waals surface area contributed by atoms with E-state index in [1.165, 1.54) is 29.1 Å². The molecule has 0 fully saturated rings. The number of hydrogen-bond acceptors (Lipinski definition) is 10. The molecular formula is C18H13N9O4. The van der Waals surface area contributed by atoms with Crippen molar-refractivity contribution in [2.24, 2.45) is 5.10 Å². The van der Waals surface area contributed by atoms with Crippen LogP contribution in [-0.4, -0.2) is 42.4 Å². The number of aromatic nitrogens is 5. The van der Waals surface area contributed by atoms with Gasteiger partial charge in [-0.3, -0.25) is 14.9 Å². The molecule has 3 N–H and O–H groups in total. The lowest BCUT2D eigenvalue weighted by molar-refractivity contribution is -0.384. The van der Waals surface area contributed by atoms with E-state index in [-0.39, 0.29) is 23.0 Å². The third-order valence-corrected chi connectivity index (χ3v) is 4.09. The van der Waals surface area contributed by atoms with Gasteiger partial charge in [-0.05, 0) is 10.3 Å². The van der Waals surface area contributed by atoms with Gasteiger partial charge >= 0.3 is 0 Å². The fourth-order valence-electron chi connectivity index (χ4n) is 2.71. The molecule has 2 heterocycles. The number of amides is 1. The molecule has 0 bridgehead atoms. The van der Waals surface area contributed by atoms with Crippen molar-refractivity contribution in [3.8, 4) is 17.1 Å². The molecular weight excluding hydrogens is 406 g/mol. The molecule has 13 heteroatoms. The molecule has 0 atom stereocenters. The number of nitro benzene ring substituents is 1. The minimum atomic E-state index is -0.665. The van der Waals surface area contributed by atoms with Crippen molar-refractivity contribution in [3.63, 3.8) is 0 Å². The molecule has 1 amide bonds. The number of nitrogens with zero attached hydrogens (tertiary/aromatic N) is 7. The van der Waals surface area contributed by atoms with Crippen molar-refractivity contribution < 1.29 is 14.3 Å². The summed E-state index contributed by atoms with van der Waals surface area (Å²) in [5.41, 5.74) is 9.29. The van der Waals surface area contributed by atoms with Crippen LogP contribution >= 0.6 is 0 Å². The molecule has 0 saturated carbocycles. The highest BCUT2D eigenvalue weighted by molar-refractivity contribution is 5.98. The number of nitro groups is 1. The van der Waals surface area contributed by atoms with Crippen LogP contribution in [0.2, 0.25) is 0 Å². The number of nitrogens with one attached hydrogen (secondary N) is 1. The summed E-state index contributed by atoms with van der Waals surface area (Å²) in [7, 11) is 0. The van der Waals surface area contributed by atoms with Crippen molar-refractivity contribution >= 4 is 23.6 Å². The van der Waals surface area contributed by atoms with E-state index < -0.39 is 10.8 Å². The Labute approximate surface area is 173 Å². The summed E-state index contributed by atoms with van der Waals surface area (Å²) in [6, 6.07) is 14.7. The monoisotopic (exact) mass is 419 g/mol. The van der Waals surface area contributed by atoms with Crippen molar-refractivity contribution in [2.45, 2.75) is 0 Å². The van der Waals surface area contributed by atoms with Gasteiger partial charge in [-0.1, -0.05) is 47.7 Å². The zero-order valence-electron chi connectivity index (χ0n) is 15.6. The molecule has 0 aliphatic heterocycles. The molecule has 2 aromatic carbocycles. The van der Waals surface area contributed by atoms with Gasteiger partial charge in [0.25, 0.3) is 11.6 Å². The van der Waals surface area contributed by atoms with E-state index in [0.29, 0.717) is 16.8 Å². The van der Waals surface area contributed by atoms with Gasteiger partial charge in [-0.2, -0.15) is 9.78 Å². The Morgan fingerprint density at radius 2 is 2.00 bits per heavy atom. The van der Waals surface area contributed by atoms with Crippen LogP contribution in [0.3, 0.4) is 0 Å². The smallest absolute Gasteiger partial charge is 0.294 e. The highest BCUT2D eigenvalue weighted by atomic mass is 16.6. The lowest BCUT2D eigenvalue weighted by Gasteiger charge is -2.05. The maximum atomic E-state index is 12.7. The normalized spacial score (nSPS) is 11.0. The maximum Gasteiger partial charge on any atom is 0.294 e. The Morgan fingerprint density at radius 3 is 2.71 bits per heavy atom. The van der Waals surface area contributed by atoms with Gasteiger partial charge in [-0.25, -0.2) is 10.1 Å². The number of nitrogens with two attached hydrogens (primary N) is 1. The van der Waals surface area contributed by atoms with E-state index in [0.717, 1.165) is 0 Å². The molecule has 0 aliphatic carbocycles. The molecule has 2 aromatic heterocycles. The van der Waals surface area contributed by atoms with E-state index in [4.69, 9.17) is 5.73 Å². The second kappa shape index (κ2) is 8.20. The van der Waals surface area contributed by atoms with Crippen LogP contribution in [0.4, 0.5) is 11.5 Å². The minimum Gasteiger partial charge on any atom is -0.378 e. The van der Waals surface area contributed by atoms with E-state index in [9.17, 15) is 14.9 Å². The number of carbonyl (C=O) groups is 1.